The van der Waals surface area contributed by atoms with Crippen LogP contribution in [0.2, 0.25) is 0 Å². The van der Waals surface area contributed by atoms with Gasteiger partial charge in [0.25, 0.3) is 0 Å². The normalized spacial score (nSPS) is 12.2. The molecule has 1 atom stereocenters. The van der Waals surface area contributed by atoms with Gasteiger partial charge in [-0.25, -0.2) is 4.79 Å². The Morgan fingerprint density at radius 1 is 1.50 bits per heavy atom. The summed E-state index contributed by atoms with van der Waals surface area (Å²) in [5.74, 6) is -0.889. The summed E-state index contributed by atoms with van der Waals surface area (Å²) in [4.78, 5) is 11.7. The summed E-state index contributed by atoms with van der Waals surface area (Å²) in [6.07, 6.45) is 0.340. The summed E-state index contributed by atoms with van der Waals surface area (Å²) < 4.78 is 5.06. The highest BCUT2D eigenvalue weighted by molar-refractivity contribution is 7.98. The van der Waals surface area contributed by atoms with Gasteiger partial charge in [-0.3, -0.25) is 0 Å². The molecule has 0 aliphatic heterocycles. The lowest BCUT2D eigenvalue weighted by atomic mass is 10.1. The minimum absolute atomic E-state index is 0.282. The number of aliphatic carboxylic acids is 1. The average Bonchev–Trinajstić information content (AvgIpc) is 2.27. The number of rotatable bonds is 4. The number of benzene rings is 1. The molecule has 0 saturated carbocycles. The molecule has 0 aliphatic rings. The number of aliphatic hydroxyl groups excluding tert-OH is 1. The van der Waals surface area contributed by atoms with Crippen LogP contribution in [0.4, 0.5) is 0 Å². The molecule has 0 saturated heterocycles. The minimum atomic E-state index is -1.55. The molecule has 0 aromatic heterocycles. The molecular formula is C11H14O4S. The molecule has 16 heavy (non-hydrogen) atoms. The molecule has 0 bridgehead atoms. The van der Waals surface area contributed by atoms with Gasteiger partial charge in [-0.1, -0.05) is 0 Å². The van der Waals surface area contributed by atoms with Crippen LogP contribution in [0.3, 0.4) is 0 Å². The van der Waals surface area contributed by atoms with Crippen molar-refractivity contribution in [1.29, 1.82) is 0 Å². The number of aryl methyl sites for hydroxylation is 1. The molecule has 88 valence electrons. The molecule has 2 N–H and O–H groups in total. The number of aliphatic hydroxyl groups is 1. The van der Waals surface area contributed by atoms with Gasteiger partial charge in [-0.2, -0.15) is 0 Å². The fourth-order valence-corrected chi connectivity index (χ4v) is 2.05. The van der Waals surface area contributed by atoms with Crippen molar-refractivity contribution in [2.75, 3.05) is 13.4 Å². The fraction of sp³-hybridized carbons (Fsp3) is 0.364. The second-order valence-electron chi connectivity index (χ2n) is 3.30. The van der Waals surface area contributed by atoms with Gasteiger partial charge in [0.2, 0.25) is 0 Å². The number of carboxylic acids is 1. The molecule has 0 heterocycles. The van der Waals surface area contributed by atoms with Gasteiger partial charge in [0, 0.05) is 10.5 Å². The largest absolute Gasteiger partial charge is 0.496 e. The highest BCUT2D eigenvalue weighted by Crippen LogP contribution is 2.32. The Morgan fingerprint density at radius 2 is 2.12 bits per heavy atom. The molecule has 0 radical (unpaired) electrons. The summed E-state index contributed by atoms with van der Waals surface area (Å²) in [6, 6.07) is 3.38. The first-order valence-corrected chi connectivity index (χ1v) is 5.87. The lowest BCUT2D eigenvalue weighted by molar-refractivity contribution is -0.147. The topological polar surface area (TPSA) is 66.8 Å². The smallest absolute Gasteiger partial charge is 0.337 e. The van der Waals surface area contributed by atoms with Crippen molar-refractivity contribution < 1.29 is 19.7 Å². The van der Waals surface area contributed by atoms with E-state index in [1.807, 2.05) is 13.2 Å². The van der Waals surface area contributed by atoms with Gasteiger partial charge in [-0.15, -0.1) is 11.8 Å². The monoisotopic (exact) mass is 242 g/mol. The second kappa shape index (κ2) is 5.23. The number of thioether (sulfide) groups is 1. The number of hydrogen-bond donors (Lipinski definition) is 2. The molecular weight excluding hydrogens is 228 g/mol. The molecule has 1 aromatic carbocycles. The van der Waals surface area contributed by atoms with Crippen LogP contribution < -0.4 is 4.74 Å². The number of hydrogen-bond acceptors (Lipinski definition) is 4. The number of carbonyl (C=O) groups is 1. The van der Waals surface area contributed by atoms with Crippen LogP contribution in [0.5, 0.6) is 5.75 Å². The molecule has 1 unspecified atom stereocenters. The van der Waals surface area contributed by atoms with Gasteiger partial charge in [0.1, 0.15) is 5.75 Å². The first kappa shape index (κ1) is 12.9. The summed E-state index contributed by atoms with van der Waals surface area (Å²) in [7, 11) is 1.45. The summed E-state index contributed by atoms with van der Waals surface area (Å²) >= 11 is 1.50. The van der Waals surface area contributed by atoms with Gasteiger partial charge in [-0.05, 0) is 30.9 Å². The van der Waals surface area contributed by atoms with Crippen LogP contribution in [-0.4, -0.2) is 29.5 Å². The van der Waals surface area contributed by atoms with Crippen molar-refractivity contribution in [2.45, 2.75) is 17.9 Å². The predicted octanol–water partition coefficient (Wildman–Crippen LogP) is 1.84. The second-order valence-corrected chi connectivity index (χ2v) is 4.15. The predicted molar refractivity (Wildman–Crippen MR) is 62.1 cm³/mol. The third-order valence-corrected chi connectivity index (χ3v) is 3.16. The van der Waals surface area contributed by atoms with E-state index in [1.165, 1.54) is 18.9 Å². The van der Waals surface area contributed by atoms with E-state index >= 15 is 0 Å². The van der Waals surface area contributed by atoms with Crippen LogP contribution in [-0.2, 0) is 4.79 Å². The first-order chi connectivity index (χ1) is 7.51. The Labute approximate surface area is 98.2 Å². The van der Waals surface area contributed by atoms with Crippen molar-refractivity contribution in [3.8, 4) is 5.75 Å². The SMILES string of the molecule is COc1cc(C)c(SC)cc1C(O)C(=O)O. The van der Waals surface area contributed by atoms with Gasteiger partial charge in [0.05, 0.1) is 7.11 Å². The van der Waals surface area contributed by atoms with Crippen LogP contribution in [0, 0.1) is 6.92 Å². The third-order valence-electron chi connectivity index (χ3n) is 2.28. The Bertz CT molecular complexity index is 403. The Hall–Kier alpha value is -1.20. The standard InChI is InChI=1S/C11H14O4S/c1-6-4-8(15-2)7(5-9(6)16-3)10(12)11(13)14/h4-5,10,12H,1-3H3,(H,13,14). The Kier molecular flexibility index (Phi) is 4.20. The van der Waals surface area contributed by atoms with Crippen LogP contribution in [0.1, 0.15) is 17.2 Å². The fourth-order valence-electron chi connectivity index (χ4n) is 1.42. The van der Waals surface area contributed by atoms with E-state index < -0.39 is 12.1 Å². The minimum Gasteiger partial charge on any atom is -0.496 e. The van der Waals surface area contributed by atoms with Crippen molar-refractivity contribution in [2.24, 2.45) is 0 Å². The summed E-state index contributed by atoms with van der Waals surface area (Å²) in [6.45, 7) is 1.91. The van der Waals surface area contributed by atoms with Crippen LogP contribution >= 0.6 is 11.8 Å². The van der Waals surface area contributed by atoms with Crippen molar-refractivity contribution >= 4 is 17.7 Å². The average molecular weight is 242 g/mol. The van der Waals surface area contributed by atoms with E-state index in [2.05, 4.69) is 0 Å². The molecule has 1 rings (SSSR count). The van der Waals surface area contributed by atoms with Gasteiger partial charge >= 0.3 is 5.97 Å². The highest BCUT2D eigenvalue weighted by atomic mass is 32.2. The third kappa shape index (κ3) is 2.48. The Morgan fingerprint density at radius 3 is 2.56 bits per heavy atom. The lowest BCUT2D eigenvalue weighted by Crippen LogP contribution is -2.12. The Balaban J connectivity index is 3.29. The maximum atomic E-state index is 10.7. The van der Waals surface area contributed by atoms with Crippen molar-refractivity contribution in [3.63, 3.8) is 0 Å². The summed E-state index contributed by atoms with van der Waals surface area (Å²) in [5.41, 5.74) is 1.27. The molecule has 4 nitrogen and oxygen atoms in total. The maximum Gasteiger partial charge on any atom is 0.337 e. The van der Waals surface area contributed by atoms with Crippen molar-refractivity contribution in [1.82, 2.24) is 0 Å². The quantitative estimate of drug-likeness (QED) is 0.789. The van der Waals surface area contributed by atoms with Gasteiger partial charge in [0.15, 0.2) is 6.10 Å². The molecule has 5 heteroatoms. The van der Waals surface area contributed by atoms with E-state index in [0.717, 1.165) is 10.5 Å². The number of ether oxygens (including phenoxy) is 1. The van der Waals surface area contributed by atoms with E-state index in [-0.39, 0.29) is 5.56 Å². The zero-order chi connectivity index (χ0) is 12.3. The van der Waals surface area contributed by atoms with E-state index in [9.17, 15) is 9.90 Å². The zero-order valence-electron chi connectivity index (χ0n) is 9.35. The lowest BCUT2D eigenvalue weighted by Gasteiger charge is -2.14. The highest BCUT2D eigenvalue weighted by Gasteiger charge is 2.21. The maximum absolute atomic E-state index is 10.7. The first-order valence-electron chi connectivity index (χ1n) is 4.64. The molecule has 0 spiro atoms. The van der Waals surface area contributed by atoms with E-state index in [1.54, 1.807) is 12.1 Å². The molecule has 0 amide bonds. The number of carboxylic acid groups (broad SMARTS) is 1. The van der Waals surface area contributed by atoms with Gasteiger partial charge < -0.3 is 14.9 Å². The summed E-state index contributed by atoms with van der Waals surface area (Å²) in [5, 5.41) is 18.3. The molecule has 1 aromatic rings. The van der Waals surface area contributed by atoms with E-state index in [4.69, 9.17) is 9.84 Å². The molecule has 0 fully saturated rings. The van der Waals surface area contributed by atoms with Crippen LogP contribution in [0.15, 0.2) is 17.0 Å². The number of methoxy groups -OCH3 is 1. The van der Waals surface area contributed by atoms with E-state index in [0.29, 0.717) is 5.75 Å². The zero-order valence-corrected chi connectivity index (χ0v) is 10.2. The molecule has 0 aliphatic carbocycles. The van der Waals surface area contributed by atoms with Crippen molar-refractivity contribution in [3.05, 3.63) is 23.3 Å². The van der Waals surface area contributed by atoms with Crippen LogP contribution in [0.25, 0.3) is 0 Å².